The lowest BCUT2D eigenvalue weighted by molar-refractivity contribution is -0.121. The van der Waals surface area contributed by atoms with Gasteiger partial charge in [-0.1, -0.05) is 0 Å². The molecule has 2 atom stereocenters. The number of hydrogen-bond donors (Lipinski definition) is 3. The minimum atomic E-state index is 0.146. The Kier molecular flexibility index (Phi) is 5.72. The molecule has 0 aromatic carbocycles. The van der Waals surface area contributed by atoms with Crippen molar-refractivity contribution in [2.24, 2.45) is 0 Å². The van der Waals surface area contributed by atoms with Crippen molar-refractivity contribution in [2.45, 2.75) is 37.0 Å². The van der Waals surface area contributed by atoms with Crippen molar-refractivity contribution in [1.82, 2.24) is 20.6 Å². The SMILES string of the molecule is CSC(CC(=O)NCCc1cnc[nH]1)C1CCCN1. The largest absolute Gasteiger partial charge is 0.356 e. The standard InChI is InChI=1S/C13H22N4OS/c1-19-12(11-3-2-5-15-11)7-13(18)16-6-4-10-8-14-9-17-10/h8-9,11-12,15H,2-7H2,1H3,(H,14,17)(H,16,18). The Bertz CT molecular complexity index is 376. The van der Waals surface area contributed by atoms with Crippen LogP contribution in [0.1, 0.15) is 25.0 Å². The highest BCUT2D eigenvalue weighted by Crippen LogP contribution is 2.21. The molecule has 19 heavy (non-hydrogen) atoms. The van der Waals surface area contributed by atoms with E-state index in [4.69, 9.17) is 0 Å². The first-order chi connectivity index (χ1) is 9.29. The number of aromatic nitrogens is 2. The number of thioether (sulfide) groups is 1. The van der Waals surface area contributed by atoms with Crippen LogP contribution in [0.3, 0.4) is 0 Å². The van der Waals surface area contributed by atoms with Gasteiger partial charge < -0.3 is 15.6 Å². The molecule has 0 bridgehead atoms. The maximum Gasteiger partial charge on any atom is 0.221 e. The van der Waals surface area contributed by atoms with E-state index in [-0.39, 0.29) is 5.91 Å². The number of imidazole rings is 1. The number of rotatable bonds is 7. The predicted octanol–water partition coefficient (Wildman–Crippen LogP) is 0.942. The maximum absolute atomic E-state index is 11.9. The smallest absolute Gasteiger partial charge is 0.221 e. The first-order valence-corrected chi connectivity index (χ1v) is 8.08. The van der Waals surface area contributed by atoms with Crippen LogP contribution in [0.25, 0.3) is 0 Å². The Balaban J connectivity index is 1.67. The zero-order valence-electron chi connectivity index (χ0n) is 11.3. The van der Waals surface area contributed by atoms with Gasteiger partial charge in [0.15, 0.2) is 0 Å². The zero-order chi connectivity index (χ0) is 13.5. The summed E-state index contributed by atoms with van der Waals surface area (Å²) in [6.45, 7) is 1.75. The molecular formula is C13H22N4OS. The lowest BCUT2D eigenvalue weighted by atomic mass is 10.1. The van der Waals surface area contributed by atoms with Gasteiger partial charge in [-0.15, -0.1) is 0 Å². The molecule has 5 nitrogen and oxygen atoms in total. The minimum absolute atomic E-state index is 0.146. The van der Waals surface area contributed by atoms with Crippen LogP contribution in [-0.4, -0.2) is 46.5 Å². The van der Waals surface area contributed by atoms with Gasteiger partial charge in [-0.25, -0.2) is 4.98 Å². The maximum atomic E-state index is 11.9. The van der Waals surface area contributed by atoms with Crippen LogP contribution in [0.5, 0.6) is 0 Å². The van der Waals surface area contributed by atoms with E-state index in [9.17, 15) is 4.79 Å². The van der Waals surface area contributed by atoms with E-state index < -0.39 is 0 Å². The van der Waals surface area contributed by atoms with Gasteiger partial charge in [0.05, 0.1) is 6.33 Å². The van der Waals surface area contributed by atoms with Gasteiger partial charge in [0, 0.05) is 42.6 Å². The summed E-state index contributed by atoms with van der Waals surface area (Å²) in [7, 11) is 0. The van der Waals surface area contributed by atoms with Crippen molar-refractivity contribution in [3.05, 3.63) is 18.2 Å². The van der Waals surface area contributed by atoms with Gasteiger partial charge in [-0.2, -0.15) is 11.8 Å². The van der Waals surface area contributed by atoms with Crippen LogP contribution in [0.4, 0.5) is 0 Å². The number of carbonyl (C=O) groups excluding carboxylic acids is 1. The van der Waals surface area contributed by atoms with Crippen LogP contribution in [0, 0.1) is 0 Å². The lowest BCUT2D eigenvalue weighted by Gasteiger charge is -2.21. The van der Waals surface area contributed by atoms with Crippen molar-refractivity contribution >= 4 is 17.7 Å². The average molecular weight is 282 g/mol. The Morgan fingerprint density at radius 2 is 2.58 bits per heavy atom. The molecule has 1 aliphatic heterocycles. The van der Waals surface area contributed by atoms with Gasteiger partial charge in [-0.05, 0) is 25.6 Å². The molecule has 0 spiro atoms. The van der Waals surface area contributed by atoms with E-state index in [0.717, 1.165) is 18.7 Å². The fourth-order valence-corrected chi connectivity index (χ4v) is 3.31. The molecule has 0 aliphatic carbocycles. The van der Waals surface area contributed by atoms with Crippen molar-refractivity contribution < 1.29 is 4.79 Å². The Morgan fingerprint density at radius 1 is 1.68 bits per heavy atom. The fraction of sp³-hybridized carbons (Fsp3) is 0.692. The Labute approximate surface area is 118 Å². The third kappa shape index (κ3) is 4.54. The highest BCUT2D eigenvalue weighted by Gasteiger charge is 2.25. The van der Waals surface area contributed by atoms with E-state index in [1.54, 1.807) is 24.3 Å². The third-order valence-corrected chi connectivity index (χ3v) is 4.61. The number of nitrogens with one attached hydrogen (secondary N) is 3. The second-order valence-corrected chi connectivity index (χ2v) is 5.93. The molecule has 1 aliphatic rings. The van der Waals surface area contributed by atoms with E-state index in [2.05, 4.69) is 26.9 Å². The summed E-state index contributed by atoms with van der Waals surface area (Å²) >= 11 is 1.79. The summed E-state index contributed by atoms with van der Waals surface area (Å²) in [4.78, 5) is 18.9. The lowest BCUT2D eigenvalue weighted by Crippen LogP contribution is -2.37. The van der Waals surface area contributed by atoms with Gasteiger partial charge in [0.25, 0.3) is 0 Å². The van der Waals surface area contributed by atoms with Crippen molar-refractivity contribution in [1.29, 1.82) is 0 Å². The van der Waals surface area contributed by atoms with Crippen LogP contribution in [0.15, 0.2) is 12.5 Å². The summed E-state index contributed by atoms with van der Waals surface area (Å²) < 4.78 is 0. The summed E-state index contributed by atoms with van der Waals surface area (Å²) in [5.74, 6) is 0.146. The van der Waals surface area contributed by atoms with E-state index in [1.165, 1.54) is 12.8 Å². The average Bonchev–Trinajstić information content (AvgIpc) is 3.08. The Morgan fingerprint density at radius 3 is 3.21 bits per heavy atom. The second-order valence-electron chi connectivity index (χ2n) is 4.86. The van der Waals surface area contributed by atoms with Crippen LogP contribution in [-0.2, 0) is 11.2 Å². The molecule has 0 saturated carbocycles. The highest BCUT2D eigenvalue weighted by molar-refractivity contribution is 7.99. The molecule has 1 saturated heterocycles. The number of amides is 1. The third-order valence-electron chi connectivity index (χ3n) is 3.51. The zero-order valence-corrected chi connectivity index (χ0v) is 12.1. The molecular weight excluding hydrogens is 260 g/mol. The van der Waals surface area contributed by atoms with Crippen molar-refractivity contribution in [3.8, 4) is 0 Å². The minimum Gasteiger partial charge on any atom is -0.356 e. The molecule has 2 heterocycles. The molecule has 106 valence electrons. The molecule has 6 heteroatoms. The van der Waals surface area contributed by atoms with Crippen LogP contribution < -0.4 is 10.6 Å². The molecule has 2 unspecified atom stereocenters. The van der Waals surface area contributed by atoms with Gasteiger partial charge in [0.2, 0.25) is 5.91 Å². The summed E-state index contributed by atoms with van der Waals surface area (Å²) in [6.07, 6.45) is 9.35. The normalized spacial score (nSPS) is 20.4. The van der Waals surface area contributed by atoms with Crippen LogP contribution >= 0.6 is 11.8 Å². The summed E-state index contributed by atoms with van der Waals surface area (Å²) in [5.41, 5.74) is 1.05. The molecule has 3 N–H and O–H groups in total. The number of carbonyl (C=O) groups is 1. The second kappa shape index (κ2) is 7.55. The van der Waals surface area contributed by atoms with Crippen molar-refractivity contribution in [2.75, 3.05) is 19.3 Å². The number of H-pyrrole nitrogens is 1. The quantitative estimate of drug-likeness (QED) is 0.696. The number of nitrogens with zero attached hydrogens (tertiary/aromatic N) is 1. The summed E-state index contributed by atoms with van der Waals surface area (Å²) in [6, 6.07) is 0.494. The van der Waals surface area contributed by atoms with Crippen LogP contribution in [0.2, 0.25) is 0 Å². The molecule has 1 fully saturated rings. The first-order valence-electron chi connectivity index (χ1n) is 6.79. The molecule has 2 rings (SSSR count). The van der Waals surface area contributed by atoms with E-state index >= 15 is 0 Å². The Hall–Kier alpha value is -1.01. The van der Waals surface area contributed by atoms with E-state index in [0.29, 0.717) is 24.3 Å². The monoisotopic (exact) mass is 282 g/mol. The fourth-order valence-electron chi connectivity index (χ4n) is 2.43. The topological polar surface area (TPSA) is 69.8 Å². The van der Waals surface area contributed by atoms with Gasteiger partial charge in [-0.3, -0.25) is 4.79 Å². The van der Waals surface area contributed by atoms with E-state index in [1.807, 2.05) is 0 Å². The number of hydrogen-bond acceptors (Lipinski definition) is 4. The van der Waals surface area contributed by atoms with Gasteiger partial charge in [0.1, 0.15) is 0 Å². The molecule has 0 radical (unpaired) electrons. The number of aromatic amines is 1. The van der Waals surface area contributed by atoms with Gasteiger partial charge >= 0.3 is 0 Å². The summed E-state index contributed by atoms with van der Waals surface area (Å²) in [5, 5.41) is 6.84. The molecule has 1 amide bonds. The first kappa shape index (κ1) is 14.4. The predicted molar refractivity (Wildman–Crippen MR) is 78.2 cm³/mol. The molecule has 1 aromatic heterocycles. The highest BCUT2D eigenvalue weighted by atomic mass is 32.2. The van der Waals surface area contributed by atoms with Crippen molar-refractivity contribution in [3.63, 3.8) is 0 Å². The molecule has 1 aromatic rings.